The van der Waals surface area contributed by atoms with Crippen LogP contribution in [0.15, 0.2) is 36.4 Å². The van der Waals surface area contributed by atoms with Gasteiger partial charge in [0.1, 0.15) is 11.6 Å². The van der Waals surface area contributed by atoms with E-state index in [2.05, 4.69) is 0 Å². The number of hydrogen-bond donors (Lipinski definition) is 2. The van der Waals surface area contributed by atoms with Crippen LogP contribution >= 0.6 is 0 Å². The quantitative estimate of drug-likeness (QED) is 0.832. The third kappa shape index (κ3) is 2.65. The first-order chi connectivity index (χ1) is 8.99. The number of aryl methyl sites for hydroxylation is 1. The molecule has 0 aromatic heterocycles. The van der Waals surface area contributed by atoms with E-state index in [1.54, 1.807) is 13.0 Å². The highest BCUT2D eigenvalue weighted by molar-refractivity contribution is 5.95. The fraction of sp³-hybridized carbons (Fsp3) is 0.0714. The molecule has 0 heterocycles. The van der Waals surface area contributed by atoms with Crippen LogP contribution in [-0.4, -0.2) is 11.1 Å². The molecule has 5 heteroatoms. The first-order valence-electron chi connectivity index (χ1n) is 5.55. The number of carboxylic acid groups (broad SMARTS) is 1. The van der Waals surface area contributed by atoms with E-state index in [-0.39, 0.29) is 17.0 Å². The van der Waals surface area contributed by atoms with Crippen molar-refractivity contribution in [2.24, 2.45) is 0 Å². The Morgan fingerprint density at radius 1 is 1.26 bits per heavy atom. The normalized spacial score (nSPS) is 10.2. The Morgan fingerprint density at radius 3 is 2.68 bits per heavy atom. The molecular weight excluding hydrogens is 249 g/mol. The molecule has 0 fully saturated rings. The number of hydrogen-bond acceptors (Lipinski definition) is 3. The van der Waals surface area contributed by atoms with Crippen LogP contribution in [0.4, 0.5) is 10.1 Å². The molecule has 2 rings (SSSR count). The van der Waals surface area contributed by atoms with Gasteiger partial charge >= 0.3 is 5.97 Å². The second kappa shape index (κ2) is 4.97. The number of carboxylic acids is 1. The average molecular weight is 261 g/mol. The lowest BCUT2D eigenvalue weighted by molar-refractivity contribution is 0.0697. The van der Waals surface area contributed by atoms with E-state index in [0.29, 0.717) is 5.75 Å². The molecule has 0 radical (unpaired) electrons. The SMILES string of the molecule is Cc1ccc(F)cc1Oc1cccc(C(=O)O)c1N. The molecule has 98 valence electrons. The van der Waals surface area contributed by atoms with Gasteiger partial charge in [-0.05, 0) is 30.7 Å². The van der Waals surface area contributed by atoms with Crippen molar-refractivity contribution in [2.45, 2.75) is 6.92 Å². The maximum atomic E-state index is 13.2. The molecule has 19 heavy (non-hydrogen) atoms. The van der Waals surface area contributed by atoms with E-state index >= 15 is 0 Å². The van der Waals surface area contributed by atoms with Gasteiger partial charge in [0.2, 0.25) is 0 Å². The second-order valence-electron chi connectivity index (χ2n) is 4.03. The summed E-state index contributed by atoms with van der Waals surface area (Å²) in [5.41, 5.74) is 6.41. The number of halogens is 1. The summed E-state index contributed by atoms with van der Waals surface area (Å²) in [5, 5.41) is 8.96. The number of nitrogen functional groups attached to an aromatic ring is 1. The number of para-hydroxylation sites is 1. The monoisotopic (exact) mass is 261 g/mol. The number of ether oxygens (including phenoxy) is 1. The molecule has 0 bridgehead atoms. The zero-order valence-electron chi connectivity index (χ0n) is 10.2. The molecule has 0 spiro atoms. The minimum absolute atomic E-state index is 0.0126. The molecule has 4 nitrogen and oxygen atoms in total. The Balaban J connectivity index is 2.41. The molecule has 0 aliphatic carbocycles. The van der Waals surface area contributed by atoms with E-state index in [1.807, 2.05) is 0 Å². The molecule has 0 saturated carbocycles. The lowest BCUT2D eigenvalue weighted by Gasteiger charge is -2.12. The highest BCUT2D eigenvalue weighted by Crippen LogP contribution is 2.32. The smallest absolute Gasteiger partial charge is 0.337 e. The molecule has 2 aromatic rings. The van der Waals surface area contributed by atoms with Crippen molar-refractivity contribution in [2.75, 3.05) is 5.73 Å². The van der Waals surface area contributed by atoms with Crippen molar-refractivity contribution in [3.63, 3.8) is 0 Å². The van der Waals surface area contributed by atoms with Crippen LogP contribution < -0.4 is 10.5 Å². The van der Waals surface area contributed by atoms with Gasteiger partial charge in [0.05, 0.1) is 11.3 Å². The van der Waals surface area contributed by atoms with Crippen molar-refractivity contribution >= 4 is 11.7 Å². The van der Waals surface area contributed by atoms with Gasteiger partial charge in [0.15, 0.2) is 5.75 Å². The zero-order valence-corrected chi connectivity index (χ0v) is 10.2. The first-order valence-corrected chi connectivity index (χ1v) is 5.55. The number of nitrogens with two attached hydrogens (primary N) is 1. The predicted octanol–water partition coefficient (Wildman–Crippen LogP) is 3.21. The standard InChI is InChI=1S/C14H12FNO3/c1-8-5-6-9(15)7-12(8)19-11-4-2-3-10(13(11)16)14(17)18/h2-7H,16H2,1H3,(H,17,18). The number of anilines is 1. The third-order valence-corrected chi connectivity index (χ3v) is 2.67. The first kappa shape index (κ1) is 12.9. The van der Waals surface area contributed by atoms with Crippen molar-refractivity contribution in [3.05, 3.63) is 53.3 Å². The summed E-state index contributed by atoms with van der Waals surface area (Å²) in [6.07, 6.45) is 0. The Kier molecular flexibility index (Phi) is 3.37. The third-order valence-electron chi connectivity index (χ3n) is 2.67. The van der Waals surface area contributed by atoms with Gasteiger partial charge in [0, 0.05) is 6.07 Å². The average Bonchev–Trinajstić information content (AvgIpc) is 2.36. The summed E-state index contributed by atoms with van der Waals surface area (Å²) >= 11 is 0. The van der Waals surface area contributed by atoms with Crippen molar-refractivity contribution < 1.29 is 19.0 Å². The summed E-state index contributed by atoms with van der Waals surface area (Å²) in [5.74, 6) is -1.09. The van der Waals surface area contributed by atoms with Gasteiger partial charge in [-0.15, -0.1) is 0 Å². The van der Waals surface area contributed by atoms with E-state index < -0.39 is 11.8 Å². The molecule has 0 aliphatic rings. The van der Waals surface area contributed by atoms with Crippen molar-refractivity contribution in [1.82, 2.24) is 0 Å². The highest BCUT2D eigenvalue weighted by atomic mass is 19.1. The van der Waals surface area contributed by atoms with Gasteiger partial charge in [-0.1, -0.05) is 12.1 Å². The maximum absolute atomic E-state index is 13.2. The highest BCUT2D eigenvalue weighted by Gasteiger charge is 2.13. The fourth-order valence-corrected chi connectivity index (χ4v) is 1.62. The Hall–Kier alpha value is -2.56. The van der Waals surface area contributed by atoms with Crippen LogP contribution in [0.25, 0.3) is 0 Å². The molecular formula is C14H12FNO3. The van der Waals surface area contributed by atoms with Gasteiger partial charge in [-0.25, -0.2) is 9.18 Å². The molecule has 0 saturated heterocycles. The minimum atomic E-state index is -1.14. The Bertz CT molecular complexity index is 641. The Labute approximate surface area is 109 Å². The summed E-state index contributed by atoms with van der Waals surface area (Å²) < 4.78 is 18.6. The summed E-state index contributed by atoms with van der Waals surface area (Å²) in [6.45, 7) is 1.76. The largest absolute Gasteiger partial charge is 0.478 e. The van der Waals surface area contributed by atoms with Crippen LogP contribution in [0.3, 0.4) is 0 Å². The van der Waals surface area contributed by atoms with Gasteiger partial charge in [-0.2, -0.15) is 0 Å². The lowest BCUT2D eigenvalue weighted by atomic mass is 10.1. The van der Waals surface area contributed by atoms with E-state index in [1.165, 1.54) is 30.3 Å². The topological polar surface area (TPSA) is 72.5 Å². The lowest BCUT2D eigenvalue weighted by Crippen LogP contribution is -2.04. The number of carbonyl (C=O) groups is 1. The maximum Gasteiger partial charge on any atom is 0.337 e. The zero-order chi connectivity index (χ0) is 14.0. The van der Waals surface area contributed by atoms with E-state index in [9.17, 15) is 9.18 Å². The van der Waals surface area contributed by atoms with Crippen molar-refractivity contribution in [1.29, 1.82) is 0 Å². The van der Waals surface area contributed by atoms with Gasteiger partial charge < -0.3 is 15.6 Å². The Morgan fingerprint density at radius 2 is 2.00 bits per heavy atom. The summed E-state index contributed by atoms with van der Waals surface area (Å²) in [6, 6.07) is 8.54. The number of rotatable bonds is 3. The predicted molar refractivity (Wildman–Crippen MR) is 69.0 cm³/mol. The van der Waals surface area contributed by atoms with E-state index in [0.717, 1.165) is 5.56 Å². The van der Waals surface area contributed by atoms with Crippen molar-refractivity contribution in [3.8, 4) is 11.5 Å². The fourth-order valence-electron chi connectivity index (χ4n) is 1.62. The molecule has 0 atom stereocenters. The van der Waals surface area contributed by atoms with Crippen LogP contribution in [-0.2, 0) is 0 Å². The second-order valence-corrected chi connectivity index (χ2v) is 4.03. The molecule has 2 aromatic carbocycles. The minimum Gasteiger partial charge on any atom is -0.478 e. The summed E-state index contributed by atoms with van der Waals surface area (Å²) in [4.78, 5) is 11.0. The molecule has 0 aliphatic heterocycles. The van der Waals surface area contributed by atoms with Crippen LogP contribution in [0.2, 0.25) is 0 Å². The molecule has 0 unspecified atom stereocenters. The van der Waals surface area contributed by atoms with E-state index in [4.69, 9.17) is 15.6 Å². The number of benzene rings is 2. The van der Waals surface area contributed by atoms with Gasteiger partial charge in [0.25, 0.3) is 0 Å². The molecule has 0 amide bonds. The van der Waals surface area contributed by atoms with Crippen LogP contribution in [0.1, 0.15) is 15.9 Å². The summed E-state index contributed by atoms with van der Waals surface area (Å²) in [7, 11) is 0. The number of aromatic carboxylic acids is 1. The van der Waals surface area contributed by atoms with Gasteiger partial charge in [-0.3, -0.25) is 0 Å². The van der Waals surface area contributed by atoms with Crippen LogP contribution in [0.5, 0.6) is 11.5 Å². The molecule has 3 N–H and O–H groups in total. The van der Waals surface area contributed by atoms with Crippen LogP contribution in [0, 0.1) is 12.7 Å².